The summed E-state index contributed by atoms with van der Waals surface area (Å²) in [6, 6.07) is 4.00. The number of thiocarbonyl (C=S) groups is 1. The predicted molar refractivity (Wildman–Crippen MR) is 92.1 cm³/mol. The van der Waals surface area contributed by atoms with Crippen molar-refractivity contribution in [1.82, 2.24) is 0 Å². The molecular weight excluding hydrogens is 370 g/mol. The number of hydrogen-bond donors (Lipinski definition) is 2. The van der Waals surface area contributed by atoms with Gasteiger partial charge in [-0.05, 0) is 31.0 Å². The molecule has 0 saturated carbocycles. The van der Waals surface area contributed by atoms with Crippen molar-refractivity contribution in [3.63, 3.8) is 0 Å². The van der Waals surface area contributed by atoms with E-state index in [-0.39, 0.29) is 41.8 Å². The third-order valence-electron chi connectivity index (χ3n) is 2.72. The van der Waals surface area contributed by atoms with Gasteiger partial charge in [-0.2, -0.15) is 0 Å². The Labute approximate surface area is 153 Å². The molecule has 11 nitrogen and oxygen atoms in total. The lowest BCUT2D eigenvalue weighted by molar-refractivity contribution is -0.757. The maximum absolute atomic E-state index is 12.1. The van der Waals surface area contributed by atoms with Crippen LogP contribution in [0.15, 0.2) is 18.2 Å². The quantitative estimate of drug-likeness (QED) is 0.113. The van der Waals surface area contributed by atoms with Crippen molar-refractivity contribution in [2.45, 2.75) is 12.8 Å². The molecule has 26 heavy (non-hydrogen) atoms. The molecule has 0 aliphatic rings. The Kier molecular flexibility index (Phi) is 8.57. The molecule has 0 amide bonds. The summed E-state index contributed by atoms with van der Waals surface area (Å²) in [5.74, 6) is -0.904. The van der Waals surface area contributed by atoms with Crippen LogP contribution in [-0.4, -0.2) is 42.0 Å². The van der Waals surface area contributed by atoms with Crippen molar-refractivity contribution in [3.8, 4) is 5.75 Å². The molecular formula is C14H17N3O8S. The van der Waals surface area contributed by atoms with Crippen molar-refractivity contribution < 1.29 is 33.7 Å². The number of ether oxygens (including phenoxy) is 3. The van der Waals surface area contributed by atoms with Gasteiger partial charge in [0, 0.05) is 5.69 Å². The van der Waals surface area contributed by atoms with Gasteiger partial charge in [0.2, 0.25) is 0 Å². The summed E-state index contributed by atoms with van der Waals surface area (Å²) in [6.45, 7) is -0.429. The number of carbonyl (C=O) groups is 2. The SMILES string of the molecule is NC(=S)COC(=O)Oc1ccc(N)cc1C(=O)OCCCCO[N+](=O)[O-]. The summed E-state index contributed by atoms with van der Waals surface area (Å²) in [5, 5.41) is 9.08. The van der Waals surface area contributed by atoms with Crippen molar-refractivity contribution in [3.05, 3.63) is 33.9 Å². The fourth-order valence-electron chi connectivity index (χ4n) is 1.63. The van der Waals surface area contributed by atoms with Crippen molar-refractivity contribution in [2.75, 3.05) is 25.6 Å². The van der Waals surface area contributed by atoms with Gasteiger partial charge < -0.3 is 30.5 Å². The molecule has 0 spiro atoms. The van der Waals surface area contributed by atoms with E-state index in [1.54, 1.807) is 0 Å². The molecule has 142 valence electrons. The summed E-state index contributed by atoms with van der Waals surface area (Å²) in [6.07, 6.45) is -0.443. The first-order valence-electron chi connectivity index (χ1n) is 7.26. The zero-order chi connectivity index (χ0) is 19.5. The van der Waals surface area contributed by atoms with Crippen LogP contribution in [0.25, 0.3) is 0 Å². The summed E-state index contributed by atoms with van der Waals surface area (Å²) in [5.41, 5.74) is 11.0. The van der Waals surface area contributed by atoms with Gasteiger partial charge in [0.05, 0.1) is 13.2 Å². The molecule has 0 aromatic heterocycles. The average Bonchev–Trinajstić information content (AvgIpc) is 2.57. The monoisotopic (exact) mass is 387 g/mol. The fourth-order valence-corrected chi connectivity index (χ4v) is 1.69. The van der Waals surface area contributed by atoms with E-state index >= 15 is 0 Å². The number of hydrogen-bond acceptors (Lipinski definition) is 10. The number of esters is 1. The van der Waals surface area contributed by atoms with Crippen LogP contribution in [0, 0.1) is 10.1 Å². The Morgan fingerprint density at radius 1 is 1.19 bits per heavy atom. The molecule has 1 aromatic carbocycles. The maximum Gasteiger partial charge on any atom is 0.514 e. The topological polar surface area (TPSA) is 166 Å². The lowest BCUT2D eigenvalue weighted by Crippen LogP contribution is -2.21. The third kappa shape index (κ3) is 8.10. The zero-order valence-electron chi connectivity index (χ0n) is 13.5. The fraction of sp³-hybridized carbons (Fsp3) is 0.357. The maximum atomic E-state index is 12.1. The van der Waals surface area contributed by atoms with E-state index in [2.05, 4.69) is 21.8 Å². The van der Waals surface area contributed by atoms with Crippen LogP contribution in [0.5, 0.6) is 5.75 Å². The van der Waals surface area contributed by atoms with Gasteiger partial charge in [-0.15, -0.1) is 10.1 Å². The minimum Gasteiger partial charge on any atom is -0.462 e. The van der Waals surface area contributed by atoms with Crippen LogP contribution in [-0.2, 0) is 14.3 Å². The van der Waals surface area contributed by atoms with E-state index < -0.39 is 17.2 Å². The largest absolute Gasteiger partial charge is 0.514 e. The second-order valence-electron chi connectivity index (χ2n) is 4.76. The molecule has 0 fully saturated rings. The zero-order valence-corrected chi connectivity index (χ0v) is 14.4. The first kappa shape index (κ1) is 20.9. The van der Waals surface area contributed by atoms with Gasteiger partial charge in [-0.3, -0.25) is 0 Å². The van der Waals surface area contributed by atoms with Crippen LogP contribution in [0.2, 0.25) is 0 Å². The Balaban J connectivity index is 2.59. The van der Waals surface area contributed by atoms with E-state index in [9.17, 15) is 19.7 Å². The van der Waals surface area contributed by atoms with Crippen molar-refractivity contribution in [2.24, 2.45) is 5.73 Å². The minimum absolute atomic E-state index is 0.0139. The van der Waals surface area contributed by atoms with Crippen molar-refractivity contribution >= 4 is 35.0 Å². The molecule has 1 aromatic rings. The highest BCUT2D eigenvalue weighted by atomic mass is 32.1. The van der Waals surface area contributed by atoms with Crippen LogP contribution >= 0.6 is 12.2 Å². The Morgan fingerprint density at radius 2 is 1.88 bits per heavy atom. The second kappa shape index (κ2) is 10.7. The smallest absolute Gasteiger partial charge is 0.462 e. The lowest BCUT2D eigenvalue weighted by Gasteiger charge is -2.11. The average molecular weight is 387 g/mol. The van der Waals surface area contributed by atoms with Crippen molar-refractivity contribution in [1.29, 1.82) is 0 Å². The van der Waals surface area contributed by atoms with Crippen LogP contribution in [0.1, 0.15) is 23.2 Å². The number of benzene rings is 1. The molecule has 0 bridgehead atoms. The minimum atomic E-state index is -1.10. The summed E-state index contributed by atoms with van der Waals surface area (Å²) in [7, 11) is 0. The Bertz CT molecular complexity index is 682. The van der Waals surface area contributed by atoms with E-state index in [0.29, 0.717) is 12.8 Å². The Morgan fingerprint density at radius 3 is 2.54 bits per heavy atom. The highest BCUT2D eigenvalue weighted by Gasteiger charge is 2.18. The lowest BCUT2D eigenvalue weighted by atomic mass is 10.2. The van der Waals surface area contributed by atoms with E-state index in [1.165, 1.54) is 18.2 Å². The van der Waals surface area contributed by atoms with Crippen LogP contribution in [0.3, 0.4) is 0 Å². The predicted octanol–water partition coefficient (Wildman–Crippen LogP) is 1.22. The second-order valence-corrected chi connectivity index (χ2v) is 5.29. The number of rotatable bonds is 10. The number of nitrogens with two attached hydrogens (primary N) is 2. The summed E-state index contributed by atoms with van der Waals surface area (Å²) < 4.78 is 14.6. The van der Waals surface area contributed by atoms with Gasteiger partial charge in [-0.1, -0.05) is 12.2 Å². The van der Waals surface area contributed by atoms with E-state index in [4.69, 9.17) is 20.9 Å². The first-order chi connectivity index (χ1) is 12.3. The highest BCUT2D eigenvalue weighted by Crippen LogP contribution is 2.23. The van der Waals surface area contributed by atoms with Crippen LogP contribution < -0.4 is 16.2 Å². The molecule has 0 unspecified atom stereocenters. The molecule has 0 aliphatic heterocycles. The van der Waals surface area contributed by atoms with Crippen LogP contribution in [0.4, 0.5) is 10.5 Å². The Hall–Kier alpha value is -3.15. The molecule has 12 heteroatoms. The first-order valence-corrected chi connectivity index (χ1v) is 7.67. The normalized spacial score (nSPS) is 9.85. The number of carbonyl (C=O) groups excluding carboxylic acids is 2. The molecule has 0 saturated heterocycles. The molecule has 0 heterocycles. The van der Waals surface area contributed by atoms with Gasteiger partial charge in [0.25, 0.3) is 5.09 Å². The number of nitrogens with zero attached hydrogens (tertiary/aromatic N) is 1. The van der Waals surface area contributed by atoms with Gasteiger partial charge in [0.15, 0.2) is 0 Å². The van der Waals surface area contributed by atoms with Gasteiger partial charge in [-0.25, -0.2) is 9.59 Å². The molecule has 0 aliphatic carbocycles. The van der Waals surface area contributed by atoms with E-state index in [0.717, 1.165) is 0 Å². The number of nitrogen functional groups attached to an aromatic ring is 1. The third-order valence-corrected chi connectivity index (χ3v) is 2.84. The highest BCUT2D eigenvalue weighted by molar-refractivity contribution is 7.80. The molecule has 0 atom stereocenters. The summed E-state index contributed by atoms with van der Waals surface area (Å²) >= 11 is 4.56. The number of unbranched alkanes of at least 4 members (excludes halogenated alkanes) is 1. The molecule has 0 radical (unpaired) electrons. The van der Waals surface area contributed by atoms with Gasteiger partial charge >= 0.3 is 12.1 Å². The van der Waals surface area contributed by atoms with E-state index in [1.807, 2.05) is 0 Å². The molecule has 4 N–H and O–H groups in total. The van der Waals surface area contributed by atoms with Gasteiger partial charge in [0.1, 0.15) is 22.9 Å². The summed E-state index contributed by atoms with van der Waals surface area (Å²) in [4.78, 5) is 37.7. The molecule has 1 rings (SSSR count). The standard InChI is InChI=1S/C14H17N3O8S/c15-9-3-4-11(25-14(19)23-8-12(16)26)10(7-9)13(18)22-5-1-2-6-24-17(20)21/h3-4,7H,1-2,5-6,8,15H2,(H2,16,26). The number of anilines is 1.